The molecule has 0 fully saturated rings. The van der Waals surface area contributed by atoms with Crippen molar-refractivity contribution >= 4 is 17.9 Å². The van der Waals surface area contributed by atoms with Gasteiger partial charge in [0, 0.05) is 13.5 Å². The molecular formula is C15H20N2O2. The Labute approximate surface area is 113 Å². The highest BCUT2D eigenvalue weighted by Gasteiger charge is 2.11. The Bertz CT molecular complexity index is 464. The number of hydrogen-bond acceptors (Lipinski definition) is 2. The van der Waals surface area contributed by atoms with Gasteiger partial charge in [-0.2, -0.15) is 0 Å². The third-order valence-electron chi connectivity index (χ3n) is 2.34. The molecule has 4 nitrogen and oxygen atoms in total. The third kappa shape index (κ3) is 5.86. The van der Waals surface area contributed by atoms with Crippen LogP contribution in [0.15, 0.2) is 36.0 Å². The fourth-order valence-electron chi connectivity index (χ4n) is 1.46. The largest absolute Gasteiger partial charge is 0.351 e. The zero-order valence-electron chi connectivity index (χ0n) is 11.6. The summed E-state index contributed by atoms with van der Waals surface area (Å²) >= 11 is 0. The van der Waals surface area contributed by atoms with Crippen LogP contribution in [0.4, 0.5) is 0 Å². The smallest absolute Gasteiger partial charge is 0.267 e. The van der Waals surface area contributed by atoms with Gasteiger partial charge in [0.05, 0.1) is 0 Å². The number of nitrogens with one attached hydrogen (secondary N) is 2. The standard InChI is InChI=1S/C15H20N2O2/c1-11(2)10-16-15(19)14(17-12(3)18)9-13-7-5-4-6-8-13/h4-9,11H,10H2,1-3H3,(H,16,19)(H,17,18)/b14-9-. The van der Waals surface area contributed by atoms with Gasteiger partial charge >= 0.3 is 0 Å². The third-order valence-corrected chi connectivity index (χ3v) is 2.34. The van der Waals surface area contributed by atoms with Crippen molar-refractivity contribution in [3.63, 3.8) is 0 Å². The molecule has 19 heavy (non-hydrogen) atoms. The summed E-state index contributed by atoms with van der Waals surface area (Å²) in [7, 11) is 0. The first-order valence-corrected chi connectivity index (χ1v) is 6.31. The predicted octanol–water partition coefficient (Wildman–Crippen LogP) is 1.94. The number of hydrogen-bond donors (Lipinski definition) is 2. The Morgan fingerprint density at radius 1 is 1.21 bits per heavy atom. The van der Waals surface area contributed by atoms with Gasteiger partial charge in [-0.05, 0) is 17.6 Å². The van der Waals surface area contributed by atoms with Crippen LogP contribution in [0.2, 0.25) is 0 Å². The first-order valence-electron chi connectivity index (χ1n) is 6.31. The van der Waals surface area contributed by atoms with Crippen LogP contribution in [0.3, 0.4) is 0 Å². The van der Waals surface area contributed by atoms with E-state index in [-0.39, 0.29) is 17.5 Å². The van der Waals surface area contributed by atoms with E-state index in [0.717, 1.165) is 5.56 Å². The summed E-state index contributed by atoms with van der Waals surface area (Å²) in [6.07, 6.45) is 1.66. The Hall–Kier alpha value is -2.10. The molecule has 0 spiro atoms. The molecular weight excluding hydrogens is 240 g/mol. The van der Waals surface area contributed by atoms with Crippen LogP contribution >= 0.6 is 0 Å². The number of rotatable bonds is 5. The molecule has 1 aromatic rings. The quantitative estimate of drug-likeness (QED) is 0.795. The molecule has 0 unspecified atom stereocenters. The molecule has 0 atom stereocenters. The fraction of sp³-hybridized carbons (Fsp3) is 0.333. The van der Waals surface area contributed by atoms with Crippen molar-refractivity contribution in [1.29, 1.82) is 0 Å². The van der Waals surface area contributed by atoms with E-state index >= 15 is 0 Å². The SMILES string of the molecule is CC(=O)N/C(=C\c1ccccc1)C(=O)NCC(C)C. The van der Waals surface area contributed by atoms with Crippen molar-refractivity contribution in [2.24, 2.45) is 5.92 Å². The summed E-state index contributed by atoms with van der Waals surface area (Å²) in [5.41, 5.74) is 1.13. The van der Waals surface area contributed by atoms with E-state index in [9.17, 15) is 9.59 Å². The molecule has 0 aromatic heterocycles. The molecule has 4 heteroatoms. The lowest BCUT2D eigenvalue weighted by molar-refractivity contribution is -0.122. The van der Waals surface area contributed by atoms with E-state index in [0.29, 0.717) is 12.5 Å². The summed E-state index contributed by atoms with van der Waals surface area (Å²) in [5, 5.41) is 5.35. The molecule has 1 rings (SSSR count). The van der Waals surface area contributed by atoms with Crippen molar-refractivity contribution in [2.75, 3.05) is 6.54 Å². The maximum atomic E-state index is 12.0. The van der Waals surface area contributed by atoms with Gasteiger partial charge in [-0.3, -0.25) is 9.59 Å². The lowest BCUT2D eigenvalue weighted by Crippen LogP contribution is -2.35. The molecule has 2 N–H and O–H groups in total. The zero-order valence-corrected chi connectivity index (χ0v) is 11.6. The first-order chi connectivity index (χ1) is 8.99. The summed E-state index contributed by atoms with van der Waals surface area (Å²) in [5.74, 6) is -0.172. The van der Waals surface area contributed by atoms with E-state index in [4.69, 9.17) is 0 Å². The normalized spacial score (nSPS) is 11.3. The van der Waals surface area contributed by atoms with Crippen molar-refractivity contribution in [2.45, 2.75) is 20.8 Å². The van der Waals surface area contributed by atoms with Crippen molar-refractivity contribution in [1.82, 2.24) is 10.6 Å². The highest BCUT2D eigenvalue weighted by atomic mass is 16.2. The van der Waals surface area contributed by atoms with Gasteiger partial charge in [0.1, 0.15) is 5.70 Å². The molecule has 1 aromatic carbocycles. The second kappa shape index (κ2) is 7.36. The average Bonchev–Trinajstić information content (AvgIpc) is 2.36. The lowest BCUT2D eigenvalue weighted by Gasteiger charge is -2.11. The van der Waals surface area contributed by atoms with Crippen LogP contribution < -0.4 is 10.6 Å². The minimum atomic E-state index is -0.271. The van der Waals surface area contributed by atoms with E-state index in [2.05, 4.69) is 10.6 Å². The zero-order chi connectivity index (χ0) is 14.3. The van der Waals surface area contributed by atoms with Gasteiger partial charge in [-0.25, -0.2) is 0 Å². The Balaban J connectivity index is 2.85. The van der Waals surface area contributed by atoms with Crippen molar-refractivity contribution in [3.05, 3.63) is 41.6 Å². The number of carbonyl (C=O) groups is 2. The van der Waals surface area contributed by atoms with Gasteiger partial charge < -0.3 is 10.6 Å². The van der Waals surface area contributed by atoms with Gasteiger partial charge in [0.25, 0.3) is 5.91 Å². The van der Waals surface area contributed by atoms with Gasteiger partial charge in [-0.15, -0.1) is 0 Å². The average molecular weight is 260 g/mol. The van der Waals surface area contributed by atoms with Crippen LogP contribution in [0.5, 0.6) is 0 Å². The van der Waals surface area contributed by atoms with E-state index in [1.165, 1.54) is 6.92 Å². The summed E-state index contributed by atoms with van der Waals surface area (Å²) in [6.45, 7) is 5.98. The van der Waals surface area contributed by atoms with Gasteiger partial charge in [0.15, 0.2) is 0 Å². The van der Waals surface area contributed by atoms with Gasteiger partial charge in [-0.1, -0.05) is 44.2 Å². The van der Waals surface area contributed by atoms with Crippen LogP contribution in [0.1, 0.15) is 26.3 Å². The molecule has 0 aliphatic rings. The van der Waals surface area contributed by atoms with Crippen LogP contribution in [-0.4, -0.2) is 18.4 Å². The minimum absolute atomic E-state index is 0.262. The molecule has 0 saturated carbocycles. The Morgan fingerprint density at radius 3 is 2.37 bits per heavy atom. The molecule has 0 radical (unpaired) electrons. The van der Waals surface area contributed by atoms with Crippen molar-refractivity contribution in [3.8, 4) is 0 Å². The van der Waals surface area contributed by atoms with Crippen molar-refractivity contribution < 1.29 is 9.59 Å². The lowest BCUT2D eigenvalue weighted by atomic mass is 10.1. The molecule has 2 amide bonds. The summed E-state index contributed by atoms with van der Waals surface area (Å²) < 4.78 is 0. The molecule has 0 aliphatic heterocycles. The molecule has 0 heterocycles. The number of benzene rings is 1. The predicted molar refractivity (Wildman–Crippen MR) is 76.1 cm³/mol. The topological polar surface area (TPSA) is 58.2 Å². The molecule has 0 bridgehead atoms. The molecule has 0 aliphatic carbocycles. The first kappa shape index (κ1) is 15.0. The summed E-state index contributed by atoms with van der Waals surface area (Å²) in [4.78, 5) is 23.1. The number of carbonyl (C=O) groups excluding carboxylic acids is 2. The van der Waals surface area contributed by atoms with E-state index < -0.39 is 0 Å². The summed E-state index contributed by atoms with van der Waals surface area (Å²) in [6, 6.07) is 9.40. The van der Waals surface area contributed by atoms with Crippen LogP contribution in [0, 0.1) is 5.92 Å². The maximum Gasteiger partial charge on any atom is 0.267 e. The highest BCUT2D eigenvalue weighted by molar-refractivity contribution is 6.00. The van der Waals surface area contributed by atoms with E-state index in [1.807, 2.05) is 44.2 Å². The van der Waals surface area contributed by atoms with Crippen LogP contribution in [-0.2, 0) is 9.59 Å². The number of amides is 2. The van der Waals surface area contributed by atoms with E-state index in [1.54, 1.807) is 6.08 Å². The Kier molecular flexibility index (Phi) is 5.79. The molecule has 102 valence electrons. The molecule has 0 saturated heterocycles. The second-order valence-corrected chi connectivity index (χ2v) is 4.75. The highest BCUT2D eigenvalue weighted by Crippen LogP contribution is 2.05. The minimum Gasteiger partial charge on any atom is -0.351 e. The van der Waals surface area contributed by atoms with Gasteiger partial charge in [0.2, 0.25) is 5.91 Å². The maximum absolute atomic E-state index is 12.0. The fourth-order valence-corrected chi connectivity index (χ4v) is 1.46. The monoisotopic (exact) mass is 260 g/mol. The van der Waals surface area contributed by atoms with Crippen LogP contribution in [0.25, 0.3) is 6.08 Å². The second-order valence-electron chi connectivity index (χ2n) is 4.75. The Morgan fingerprint density at radius 2 is 1.84 bits per heavy atom.